The van der Waals surface area contributed by atoms with Crippen LogP contribution in [0.15, 0.2) is 119 Å². The Bertz CT molecular complexity index is 1460. The van der Waals surface area contributed by atoms with Crippen LogP contribution < -0.4 is 10.2 Å². The van der Waals surface area contributed by atoms with E-state index in [1.807, 2.05) is 54.6 Å². The lowest BCUT2D eigenvalue weighted by atomic mass is 10.2. The maximum Gasteiger partial charge on any atom is 0.255 e. The van der Waals surface area contributed by atoms with E-state index in [-0.39, 0.29) is 11.4 Å². The van der Waals surface area contributed by atoms with E-state index in [1.165, 1.54) is 18.3 Å². The Labute approximate surface area is 227 Å². The van der Waals surface area contributed by atoms with Crippen LogP contribution in [0.3, 0.4) is 0 Å². The fourth-order valence-electron chi connectivity index (χ4n) is 3.53. The van der Waals surface area contributed by atoms with Crippen LogP contribution in [0.5, 0.6) is 5.75 Å². The van der Waals surface area contributed by atoms with Gasteiger partial charge in [-0.25, -0.2) is 13.8 Å². The average molecular weight is 548 g/mol. The molecule has 0 atom stereocenters. The number of halogens is 1. The molecule has 1 amide bonds. The highest BCUT2D eigenvalue weighted by molar-refractivity contribution is 7.89. The highest BCUT2D eigenvalue weighted by atomic mass is 35.5. The molecule has 0 saturated carbocycles. The minimum atomic E-state index is -3.94. The van der Waals surface area contributed by atoms with Crippen LogP contribution >= 0.6 is 11.6 Å². The second-order valence-corrected chi connectivity index (χ2v) is 10.7. The maximum absolute atomic E-state index is 13.3. The summed E-state index contributed by atoms with van der Waals surface area (Å²) in [5, 5.41) is 4.52. The third-order valence-electron chi connectivity index (χ3n) is 5.50. The number of ether oxygens (including phenoxy) is 1. The number of hydrogen-bond acceptors (Lipinski definition) is 5. The maximum atomic E-state index is 13.3. The molecule has 0 spiro atoms. The number of rotatable bonds is 11. The van der Waals surface area contributed by atoms with Gasteiger partial charge in [-0.15, -0.1) is 0 Å². The molecule has 0 aliphatic carbocycles. The molecule has 7 nitrogen and oxygen atoms in total. The second-order valence-electron chi connectivity index (χ2n) is 8.35. The lowest BCUT2D eigenvalue weighted by molar-refractivity contribution is -0.121. The van der Waals surface area contributed by atoms with Gasteiger partial charge in [0.1, 0.15) is 12.4 Å². The average Bonchev–Trinajstić information content (AvgIpc) is 2.94. The van der Waals surface area contributed by atoms with Crippen molar-refractivity contribution in [3.05, 3.63) is 131 Å². The van der Waals surface area contributed by atoms with Gasteiger partial charge in [0.25, 0.3) is 5.91 Å². The predicted octanol–water partition coefficient (Wildman–Crippen LogP) is 5.26. The third kappa shape index (κ3) is 7.76. The molecule has 0 heterocycles. The van der Waals surface area contributed by atoms with Gasteiger partial charge in [0.2, 0.25) is 10.0 Å². The summed E-state index contributed by atoms with van der Waals surface area (Å²) >= 11 is 5.96. The lowest BCUT2D eigenvalue weighted by Gasteiger charge is -2.21. The number of amides is 1. The first kappa shape index (κ1) is 27.1. The molecule has 38 heavy (non-hydrogen) atoms. The summed E-state index contributed by atoms with van der Waals surface area (Å²) < 4.78 is 33.4. The van der Waals surface area contributed by atoms with E-state index in [2.05, 4.69) is 10.5 Å². The Kier molecular flexibility index (Phi) is 9.26. The second kappa shape index (κ2) is 13.0. The largest absolute Gasteiger partial charge is 0.489 e. The van der Waals surface area contributed by atoms with Crippen molar-refractivity contribution in [1.29, 1.82) is 0 Å². The van der Waals surface area contributed by atoms with E-state index >= 15 is 0 Å². The Hall–Kier alpha value is -3.98. The van der Waals surface area contributed by atoms with E-state index < -0.39 is 22.5 Å². The third-order valence-corrected chi connectivity index (χ3v) is 7.56. The SMILES string of the molecule is O=C(CN(Cc1ccc(Cl)cc1)S(=O)(=O)c1ccccc1)N/N=C/c1ccc(OCc2ccccc2)cc1. The first-order valence-corrected chi connectivity index (χ1v) is 13.6. The molecule has 9 heteroatoms. The zero-order valence-electron chi connectivity index (χ0n) is 20.4. The molecule has 194 valence electrons. The van der Waals surface area contributed by atoms with Crippen LogP contribution in [-0.2, 0) is 28.0 Å². The van der Waals surface area contributed by atoms with Crippen molar-refractivity contribution in [2.45, 2.75) is 18.0 Å². The van der Waals surface area contributed by atoms with E-state index in [9.17, 15) is 13.2 Å². The smallest absolute Gasteiger partial charge is 0.255 e. The van der Waals surface area contributed by atoms with Gasteiger partial charge in [0.05, 0.1) is 17.7 Å². The van der Waals surface area contributed by atoms with E-state index in [0.29, 0.717) is 22.9 Å². The molecule has 0 aliphatic rings. The van der Waals surface area contributed by atoms with E-state index in [0.717, 1.165) is 15.4 Å². The standard InChI is InChI=1S/C29H26ClN3O4S/c30-26-15-11-24(12-16-26)20-33(38(35,36)28-9-5-2-6-10-28)21-29(34)32-31-19-23-13-17-27(18-14-23)37-22-25-7-3-1-4-8-25/h1-19H,20-22H2,(H,32,34)/b31-19+. The van der Waals surface area contributed by atoms with Crippen molar-refractivity contribution < 1.29 is 17.9 Å². The van der Waals surface area contributed by atoms with Gasteiger partial charge in [-0.05, 0) is 65.2 Å². The molecule has 0 bridgehead atoms. The zero-order valence-corrected chi connectivity index (χ0v) is 22.0. The van der Waals surface area contributed by atoms with Gasteiger partial charge in [-0.2, -0.15) is 9.41 Å². The number of nitrogens with zero attached hydrogens (tertiary/aromatic N) is 2. The summed E-state index contributed by atoms with van der Waals surface area (Å²) in [5.74, 6) is 0.136. The summed E-state index contributed by atoms with van der Waals surface area (Å²) in [5.41, 5.74) is 4.92. The number of nitrogens with one attached hydrogen (secondary N) is 1. The highest BCUT2D eigenvalue weighted by Gasteiger charge is 2.26. The van der Waals surface area contributed by atoms with Crippen molar-refractivity contribution in [3.8, 4) is 5.75 Å². The van der Waals surface area contributed by atoms with Crippen LogP contribution in [0, 0.1) is 0 Å². The van der Waals surface area contributed by atoms with Crippen LogP contribution in [0.1, 0.15) is 16.7 Å². The van der Waals surface area contributed by atoms with Crippen molar-refractivity contribution in [2.75, 3.05) is 6.54 Å². The normalized spacial score (nSPS) is 11.5. The number of carbonyl (C=O) groups is 1. The molecule has 0 saturated heterocycles. The van der Waals surface area contributed by atoms with Gasteiger partial charge in [-0.1, -0.05) is 72.3 Å². The molecule has 0 radical (unpaired) electrons. The number of benzene rings is 4. The molecule has 4 aromatic rings. The Morgan fingerprint density at radius 1 is 0.842 bits per heavy atom. The van der Waals surface area contributed by atoms with Crippen molar-refractivity contribution in [2.24, 2.45) is 5.10 Å². The molecular weight excluding hydrogens is 522 g/mol. The van der Waals surface area contributed by atoms with Crippen molar-refractivity contribution >= 4 is 33.7 Å². The Balaban J connectivity index is 1.37. The number of hydrazone groups is 1. The predicted molar refractivity (Wildman–Crippen MR) is 148 cm³/mol. The van der Waals surface area contributed by atoms with E-state index in [4.69, 9.17) is 16.3 Å². The van der Waals surface area contributed by atoms with Gasteiger partial charge >= 0.3 is 0 Å². The summed E-state index contributed by atoms with van der Waals surface area (Å²) in [6, 6.07) is 31.9. The minimum absolute atomic E-state index is 0.00399. The van der Waals surface area contributed by atoms with Gasteiger partial charge in [0, 0.05) is 11.6 Å². The fourth-order valence-corrected chi connectivity index (χ4v) is 5.06. The van der Waals surface area contributed by atoms with Crippen LogP contribution in [0.4, 0.5) is 0 Å². The molecular formula is C29H26ClN3O4S. The molecule has 4 rings (SSSR count). The van der Waals surface area contributed by atoms with Crippen LogP contribution in [0.25, 0.3) is 0 Å². The quantitative estimate of drug-likeness (QED) is 0.205. The monoisotopic (exact) mass is 547 g/mol. The molecule has 0 aliphatic heterocycles. The van der Waals surface area contributed by atoms with Gasteiger partial charge in [-0.3, -0.25) is 4.79 Å². The molecule has 0 aromatic heterocycles. The summed E-state index contributed by atoms with van der Waals surface area (Å²) in [6.45, 7) is 0.0438. The summed E-state index contributed by atoms with van der Waals surface area (Å²) in [6.07, 6.45) is 1.48. The Morgan fingerprint density at radius 3 is 2.13 bits per heavy atom. The first-order chi connectivity index (χ1) is 18.4. The topological polar surface area (TPSA) is 88.1 Å². The van der Waals surface area contributed by atoms with Gasteiger partial charge in [0.15, 0.2) is 0 Å². The van der Waals surface area contributed by atoms with Crippen LogP contribution in [-0.4, -0.2) is 31.4 Å². The zero-order chi connectivity index (χ0) is 26.8. The summed E-state index contributed by atoms with van der Waals surface area (Å²) in [4.78, 5) is 12.8. The molecule has 4 aromatic carbocycles. The highest BCUT2D eigenvalue weighted by Crippen LogP contribution is 2.19. The first-order valence-electron chi connectivity index (χ1n) is 11.8. The number of carbonyl (C=O) groups excluding carboxylic acids is 1. The fraction of sp³-hybridized carbons (Fsp3) is 0.103. The molecule has 0 unspecified atom stereocenters. The Morgan fingerprint density at radius 2 is 1.47 bits per heavy atom. The lowest BCUT2D eigenvalue weighted by Crippen LogP contribution is -2.39. The van der Waals surface area contributed by atoms with Crippen molar-refractivity contribution in [3.63, 3.8) is 0 Å². The van der Waals surface area contributed by atoms with E-state index in [1.54, 1.807) is 42.5 Å². The van der Waals surface area contributed by atoms with Gasteiger partial charge < -0.3 is 4.74 Å². The number of sulfonamides is 1. The van der Waals surface area contributed by atoms with Crippen LogP contribution in [0.2, 0.25) is 5.02 Å². The molecule has 0 fully saturated rings. The number of hydrogen-bond donors (Lipinski definition) is 1. The molecule has 1 N–H and O–H groups in total. The minimum Gasteiger partial charge on any atom is -0.489 e. The summed E-state index contributed by atoms with van der Waals surface area (Å²) in [7, 11) is -3.94. The van der Waals surface area contributed by atoms with Crippen molar-refractivity contribution in [1.82, 2.24) is 9.73 Å².